The quantitative estimate of drug-likeness (QED) is 0.174. The van der Waals surface area contributed by atoms with Gasteiger partial charge in [-0.2, -0.15) is 0 Å². The van der Waals surface area contributed by atoms with Gasteiger partial charge in [-0.3, -0.25) is 9.59 Å². The summed E-state index contributed by atoms with van der Waals surface area (Å²) in [6.45, 7) is 2.57. The molecule has 3 N–H and O–H groups in total. The molecule has 138 valence electrons. The third-order valence-corrected chi connectivity index (χ3v) is 3.01. The molecule has 24 heavy (non-hydrogen) atoms. The first-order valence-corrected chi connectivity index (χ1v) is 7.26. The highest BCUT2D eigenvalue weighted by molar-refractivity contribution is 5.86. The minimum absolute atomic E-state index is 0.117. The number of carbonyl (C=O) groups is 3. The zero-order valence-electron chi connectivity index (χ0n) is 13.7. The van der Waals surface area contributed by atoms with Crippen LogP contribution in [0.15, 0.2) is 12.2 Å². The Morgan fingerprint density at radius 3 is 1.79 bits per heavy atom. The fraction of sp³-hybridized carbons (Fsp3) is 0.667. The van der Waals surface area contributed by atoms with Crippen molar-refractivity contribution in [2.45, 2.75) is 19.8 Å². The largest absolute Gasteiger partial charge is 0.465 e. The maximum atomic E-state index is 11.5. The molecule has 0 atom stereocenters. The molecular formula is C15H24O9. The Balaban J connectivity index is 3.92. The third-order valence-electron chi connectivity index (χ3n) is 3.01. The van der Waals surface area contributed by atoms with Gasteiger partial charge in [0.05, 0.1) is 38.1 Å². The second kappa shape index (κ2) is 11.5. The minimum Gasteiger partial charge on any atom is -0.465 e. The van der Waals surface area contributed by atoms with Crippen LogP contribution in [-0.4, -0.2) is 72.9 Å². The summed E-state index contributed by atoms with van der Waals surface area (Å²) in [6.07, 6.45) is -0.500. The van der Waals surface area contributed by atoms with Crippen molar-refractivity contribution >= 4 is 17.9 Å². The molecule has 0 rings (SSSR count). The van der Waals surface area contributed by atoms with Gasteiger partial charge in [0.25, 0.3) is 0 Å². The van der Waals surface area contributed by atoms with E-state index in [9.17, 15) is 14.4 Å². The van der Waals surface area contributed by atoms with E-state index in [4.69, 9.17) is 29.5 Å². The van der Waals surface area contributed by atoms with Crippen LogP contribution in [-0.2, 0) is 28.6 Å². The van der Waals surface area contributed by atoms with Crippen molar-refractivity contribution in [3.05, 3.63) is 12.2 Å². The standard InChI is InChI=1S/C15H24O9/c1-11(2)14(21)23-6-5-22-12(19)3-4-13(20)24-10-15(7-16,8-17)9-18/h16-18H,1,3-10H2,2H3. The predicted molar refractivity (Wildman–Crippen MR) is 80.6 cm³/mol. The molecule has 0 saturated heterocycles. The number of aliphatic hydroxyl groups excluding tert-OH is 3. The molecule has 0 heterocycles. The van der Waals surface area contributed by atoms with Crippen molar-refractivity contribution < 1.29 is 43.9 Å². The zero-order valence-corrected chi connectivity index (χ0v) is 13.7. The molecule has 0 aromatic heterocycles. The monoisotopic (exact) mass is 348 g/mol. The van der Waals surface area contributed by atoms with E-state index in [-0.39, 0.29) is 38.2 Å². The Morgan fingerprint density at radius 1 is 0.875 bits per heavy atom. The third kappa shape index (κ3) is 8.61. The first-order valence-electron chi connectivity index (χ1n) is 7.26. The van der Waals surface area contributed by atoms with E-state index >= 15 is 0 Å². The fourth-order valence-corrected chi connectivity index (χ4v) is 1.28. The number of ether oxygens (including phenoxy) is 3. The first kappa shape index (κ1) is 22.0. The van der Waals surface area contributed by atoms with Gasteiger partial charge in [-0.15, -0.1) is 0 Å². The molecule has 0 saturated carbocycles. The van der Waals surface area contributed by atoms with Crippen LogP contribution in [0.5, 0.6) is 0 Å². The lowest BCUT2D eigenvalue weighted by Crippen LogP contribution is -2.39. The SMILES string of the molecule is C=C(C)C(=O)OCCOC(=O)CCC(=O)OCC(CO)(CO)CO. The van der Waals surface area contributed by atoms with Gasteiger partial charge in [0.1, 0.15) is 19.8 Å². The van der Waals surface area contributed by atoms with Crippen molar-refractivity contribution in [1.82, 2.24) is 0 Å². The normalized spacial score (nSPS) is 10.8. The van der Waals surface area contributed by atoms with Crippen molar-refractivity contribution in [3.63, 3.8) is 0 Å². The molecule has 0 aliphatic rings. The van der Waals surface area contributed by atoms with E-state index in [1.807, 2.05) is 0 Å². The molecule has 0 aromatic carbocycles. The number of hydrogen-bond donors (Lipinski definition) is 3. The Morgan fingerprint density at radius 2 is 1.33 bits per heavy atom. The summed E-state index contributed by atoms with van der Waals surface area (Å²) in [7, 11) is 0. The predicted octanol–water partition coefficient (Wildman–Crippen LogP) is -1.06. The summed E-state index contributed by atoms with van der Waals surface area (Å²) in [6, 6.07) is 0. The van der Waals surface area contributed by atoms with Gasteiger partial charge in [-0.1, -0.05) is 6.58 Å². The highest BCUT2D eigenvalue weighted by Gasteiger charge is 2.30. The van der Waals surface area contributed by atoms with Gasteiger partial charge in [0.15, 0.2) is 0 Å². The average Bonchev–Trinajstić information content (AvgIpc) is 2.58. The maximum Gasteiger partial charge on any atom is 0.333 e. The van der Waals surface area contributed by atoms with E-state index in [0.717, 1.165) is 0 Å². The molecule has 0 spiro atoms. The molecule has 9 nitrogen and oxygen atoms in total. The zero-order chi connectivity index (χ0) is 18.6. The van der Waals surface area contributed by atoms with E-state index in [1.54, 1.807) is 0 Å². The van der Waals surface area contributed by atoms with Gasteiger partial charge in [-0.25, -0.2) is 4.79 Å². The Bertz CT molecular complexity index is 432. The first-order chi connectivity index (χ1) is 11.3. The summed E-state index contributed by atoms with van der Waals surface area (Å²) < 4.78 is 14.3. The van der Waals surface area contributed by atoms with Crippen molar-refractivity contribution in [3.8, 4) is 0 Å². The highest BCUT2D eigenvalue weighted by atomic mass is 16.6. The lowest BCUT2D eigenvalue weighted by Gasteiger charge is -2.26. The molecule has 0 unspecified atom stereocenters. The number of hydrogen-bond acceptors (Lipinski definition) is 9. The van der Waals surface area contributed by atoms with Gasteiger partial charge in [-0.05, 0) is 6.92 Å². The summed E-state index contributed by atoms with van der Waals surface area (Å²) >= 11 is 0. The van der Waals surface area contributed by atoms with Gasteiger partial charge in [0.2, 0.25) is 0 Å². The minimum atomic E-state index is -1.32. The molecule has 0 aliphatic carbocycles. The van der Waals surface area contributed by atoms with Crippen LogP contribution in [0.4, 0.5) is 0 Å². The molecule has 0 bridgehead atoms. The van der Waals surface area contributed by atoms with E-state index < -0.39 is 43.1 Å². The Hall–Kier alpha value is -1.97. The van der Waals surface area contributed by atoms with E-state index in [1.165, 1.54) is 6.92 Å². The average molecular weight is 348 g/mol. The van der Waals surface area contributed by atoms with Crippen LogP contribution in [0.2, 0.25) is 0 Å². The lowest BCUT2D eigenvalue weighted by molar-refractivity contribution is -0.156. The summed E-state index contributed by atoms with van der Waals surface area (Å²) in [5, 5.41) is 27.2. The summed E-state index contributed by atoms with van der Waals surface area (Å²) in [5.74, 6) is -1.99. The van der Waals surface area contributed by atoms with E-state index in [0.29, 0.717) is 0 Å². The molecule has 0 radical (unpaired) electrons. The lowest BCUT2D eigenvalue weighted by atomic mass is 9.93. The molecular weight excluding hydrogens is 324 g/mol. The topological polar surface area (TPSA) is 140 Å². The summed E-state index contributed by atoms with van der Waals surface area (Å²) in [4.78, 5) is 33.9. The van der Waals surface area contributed by atoms with Crippen molar-refractivity contribution in [2.75, 3.05) is 39.6 Å². The second-order valence-corrected chi connectivity index (χ2v) is 5.27. The van der Waals surface area contributed by atoms with E-state index in [2.05, 4.69) is 6.58 Å². The van der Waals surface area contributed by atoms with Crippen LogP contribution in [0.1, 0.15) is 19.8 Å². The molecule has 0 amide bonds. The van der Waals surface area contributed by atoms with Crippen LogP contribution >= 0.6 is 0 Å². The van der Waals surface area contributed by atoms with Crippen LogP contribution in [0.3, 0.4) is 0 Å². The van der Waals surface area contributed by atoms with Crippen molar-refractivity contribution in [1.29, 1.82) is 0 Å². The van der Waals surface area contributed by atoms with Crippen LogP contribution in [0.25, 0.3) is 0 Å². The number of carbonyl (C=O) groups excluding carboxylic acids is 3. The second-order valence-electron chi connectivity index (χ2n) is 5.27. The maximum absolute atomic E-state index is 11.5. The van der Waals surface area contributed by atoms with Crippen molar-refractivity contribution in [2.24, 2.45) is 5.41 Å². The Kier molecular flexibility index (Phi) is 10.6. The number of aliphatic hydroxyl groups is 3. The smallest absolute Gasteiger partial charge is 0.333 e. The molecule has 0 aliphatic heterocycles. The number of esters is 3. The van der Waals surface area contributed by atoms with Gasteiger partial charge >= 0.3 is 17.9 Å². The Labute approximate surface area is 139 Å². The molecule has 0 fully saturated rings. The van der Waals surface area contributed by atoms with Gasteiger partial charge < -0.3 is 29.5 Å². The van der Waals surface area contributed by atoms with Crippen LogP contribution in [0, 0.1) is 5.41 Å². The van der Waals surface area contributed by atoms with Gasteiger partial charge in [0, 0.05) is 5.57 Å². The fourth-order valence-electron chi connectivity index (χ4n) is 1.28. The number of rotatable bonds is 12. The van der Waals surface area contributed by atoms with Crippen LogP contribution < -0.4 is 0 Å². The molecule has 0 aromatic rings. The molecule has 9 heteroatoms. The highest BCUT2D eigenvalue weighted by Crippen LogP contribution is 2.15. The summed E-state index contributed by atoms with van der Waals surface area (Å²) in [5.41, 5.74) is -1.09.